The van der Waals surface area contributed by atoms with Crippen molar-refractivity contribution in [1.29, 1.82) is 0 Å². The molecule has 1 aromatic carbocycles. The van der Waals surface area contributed by atoms with E-state index >= 15 is 0 Å². The van der Waals surface area contributed by atoms with Crippen LogP contribution in [0.3, 0.4) is 0 Å². The van der Waals surface area contributed by atoms with Crippen LogP contribution in [0.15, 0.2) is 22.7 Å². The van der Waals surface area contributed by atoms with Crippen LogP contribution in [0.1, 0.15) is 45.6 Å². The Morgan fingerprint density at radius 3 is 2.62 bits per heavy atom. The van der Waals surface area contributed by atoms with E-state index in [1.807, 2.05) is 6.92 Å². The first-order valence-corrected chi connectivity index (χ1v) is 8.70. The van der Waals surface area contributed by atoms with Crippen LogP contribution < -0.4 is 5.32 Å². The van der Waals surface area contributed by atoms with Crippen molar-refractivity contribution in [3.05, 3.63) is 34.1 Å². The van der Waals surface area contributed by atoms with Gasteiger partial charge in [0.2, 0.25) is 0 Å². The molecule has 4 heteroatoms. The second-order valence-electron chi connectivity index (χ2n) is 5.28. The third-order valence-corrected chi connectivity index (χ3v) is 4.28. The fourth-order valence-corrected chi connectivity index (χ4v) is 2.91. The van der Waals surface area contributed by atoms with E-state index in [9.17, 15) is 4.39 Å². The summed E-state index contributed by atoms with van der Waals surface area (Å²) in [5.41, 5.74) is 0.990. The SMILES string of the molecule is CCCNC(Cc1cc(F)ccc1Br)C(CCC)OCC. The van der Waals surface area contributed by atoms with Gasteiger partial charge in [-0.25, -0.2) is 4.39 Å². The lowest BCUT2D eigenvalue weighted by atomic mass is 9.98. The Kier molecular flexibility index (Phi) is 9.13. The second-order valence-corrected chi connectivity index (χ2v) is 6.14. The van der Waals surface area contributed by atoms with Crippen LogP contribution in [-0.2, 0) is 11.2 Å². The zero-order chi connectivity index (χ0) is 15.7. The van der Waals surface area contributed by atoms with Gasteiger partial charge in [0.15, 0.2) is 0 Å². The summed E-state index contributed by atoms with van der Waals surface area (Å²) in [6.07, 6.45) is 4.11. The number of hydrogen-bond donors (Lipinski definition) is 1. The largest absolute Gasteiger partial charge is 0.377 e. The van der Waals surface area contributed by atoms with Crippen LogP contribution in [0.2, 0.25) is 0 Å². The quantitative estimate of drug-likeness (QED) is 0.653. The van der Waals surface area contributed by atoms with Gasteiger partial charge in [0.1, 0.15) is 5.82 Å². The second kappa shape index (κ2) is 10.3. The van der Waals surface area contributed by atoms with E-state index in [1.165, 1.54) is 6.07 Å². The van der Waals surface area contributed by atoms with Gasteiger partial charge in [-0.1, -0.05) is 36.2 Å². The molecule has 1 N–H and O–H groups in total. The molecule has 2 atom stereocenters. The number of benzene rings is 1. The highest BCUT2D eigenvalue weighted by atomic mass is 79.9. The Hall–Kier alpha value is -0.450. The molecule has 0 spiro atoms. The number of halogens is 2. The Morgan fingerprint density at radius 1 is 1.24 bits per heavy atom. The minimum atomic E-state index is -0.189. The number of nitrogens with one attached hydrogen (secondary N) is 1. The van der Waals surface area contributed by atoms with E-state index in [2.05, 4.69) is 35.1 Å². The smallest absolute Gasteiger partial charge is 0.123 e. The van der Waals surface area contributed by atoms with E-state index in [4.69, 9.17) is 4.74 Å². The fourth-order valence-electron chi connectivity index (χ4n) is 2.50. The van der Waals surface area contributed by atoms with E-state index < -0.39 is 0 Å². The summed E-state index contributed by atoms with van der Waals surface area (Å²) in [7, 11) is 0. The highest BCUT2D eigenvalue weighted by Crippen LogP contribution is 2.22. The standard InChI is InChI=1S/C17H27BrFNO/c1-4-7-17(21-6-3)16(20-10-5-2)12-13-11-14(19)8-9-15(13)18/h8-9,11,16-17,20H,4-7,10,12H2,1-3H3. The van der Waals surface area contributed by atoms with Crippen molar-refractivity contribution in [3.63, 3.8) is 0 Å². The first-order chi connectivity index (χ1) is 10.1. The summed E-state index contributed by atoms with van der Waals surface area (Å²) in [6, 6.07) is 5.08. The van der Waals surface area contributed by atoms with Gasteiger partial charge < -0.3 is 10.1 Å². The summed E-state index contributed by atoms with van der Waals surface area (Å²) in [4.78, 5) is 0. The number of ether oxygens (including phenoxy) is 1. The molecule has 0 aliphatic rings. The predicted octanol–water partition coefficient (Wildman–Crippen LogP) is 4.70. The molecule has 1 aromatic rings. The lowest BCUT2D eigenvalue weighted by molar-refractivity contribution is 0.0281. The Labute approximate surface area is 136 Å². The van der Waals surface area contributed by atoms with E-state index in [0.29, 0.717) is 6.61 Å². The summed E-state index contributed by atoms with van der Waals surface area (Å²) in [6.45, 7) is 8.00. The maximum Gasteiger partial charge on any atom is 0.123 e. The predicted molar refractivity (Wildman–Crippen MR) is 90.2 cm³/mol. The van der Waals surface area contributed by atoms with E-state index in [-0.39, 0.29) is 18.0 Å². The Morgan fingerprint density at radius 2 is 2.00 bits per heavy atom. The molecule has 0 aliphatic heterocycles. The molecular formula is C17H27BrFNO. The molecule has 0 fully saturated rings. The zero-order valence-electron chi connectivity index (χ0n) is 13.3. The first kappa shape index (κ1) is 18.6. The Balaban J connectivity index is 2.86. The highest BCUT2D eigenvalue weighted by Gasteiger charge is 2.22. The minimum Gasteiger partial charge on any atom is -0.377 e. The molecule has 0 saturated heterocycles. The molecular weight excluding hydrogens is 333 g/mol. The van der Waals surface area contributed by atoms with Gasteiger partial charge in [0, 0.05) is 17.1 Å². The van der Waals surface area contributed by atoms with Crippen LogP contribution in [0.25, 0.3) is 0 Å². The van der Waals surface area contributed by atoms with E-state index in [0.717, 1.165) is 42.3 Å². The summed E-state index contributed by atoms with van der Waals surface area (Å²) in [5.74, 6) is -0.189. The fraction of sp³-hybridized carbons (Fsp3) is 0.647. The molecule has 1 rings (SSSR count). The van der Waals surface area contributed by atoms with Crippen molar-refractivity contribution in [3.8, 4) is 0 Å². The van der Waals surface area contributed by atoms with Crippen molar-refractivity contribution in [2.75, 3.05) is 13.2 Å². The van der Waals surface area contributed by atoms with Gasteiger partial charge in [0.25, 0.3) is 0 Å². The Bertz CT molecular complexity index is 408. The zero-order valence-corrected chi connectivity index (χ0v) is 14.9. The summed E-state index contributed by atoms with van der Waals surface area (Å²) >= 11 is 3.52. The molecule has 21 heavy (non-hydrogen) atoms. The minimum absolute atomic E-state index is 0.168. The molecule has 2 nitrogen and oxygen atoms in total. The van der Waals surface area contributed by atoms with Crippen LogP contribution in [-0.4, -0.2) is 25.3 Å². The van der Waals surface area contributed by atoms with Crippen LogP contribution >= 0.6 is 15.9 Å². The van der Waals surface area contributed by atoms with Crippen molar-refractivity contribution in [2.45, 2.75) is 58.6 Å². The van der Waals surface area contributed by atoms with Gasteiger partial charge in [-0.2, -0.15) is 0 Å². The number of rotatable bonds is 10. The lowest BCUT2D eigenvalue weighted by Gasteiger charge is -2.28. The third kappa shape index (κ3) is 6.45. The molecule has 0 saturated carbocycles. The third-order valence-electron chi connectivity index (χ3n) is 3.51. The van der Waals surface area contributed by atoms with Crippen molar-refractivity contribution >= 4 is 15.9 Å². The van der Waals surface area contributed by atoms with E-state index in [1.54, 1.807) is 12.1 Å². The summed E-state index contributed by atoms with van der Waals surface area (Å²) in [5, 5.41) is 3.57. The maximum absolute atomic E-state index is 13.5. The molecule has 0 aliphatic carbocycles. The van der Waals surface area contributed by atoms with Crippen molar-refractivity contribution in [1.82, 2.24) is 5.32 Å². The maximum atomic E-state index is 13.5. The summed E-state index contributed by atoms with van der Waals surface area (Å²) < 4.78 is 20.3. The van der Waals surface area contributed by atoms with Crippen molar-refractivity contribution < 1.29 is 9.13 Å². The van der Waals surface area contributed by atoms with Crippen LogP contribution in [0, 0.1) is 5.82 Å². The number of hydrogen-bond acceptors (Lipinski definition) is 2. The first-order valence-electron chi connectivity index (χ1n) is 7.91. The van der Waals surface area contributed by atoms with Gasteiger partial charge >= 0.3 is 0 Å². The topological polar surface area (TPSA) is 21.3 Å². The molecule has 120 valence electrons. The van der Waals surface area contributed by atoms with Crippen LogP contribution in [0.5, 0.6) is 0 Å². The van der Waals surface area contributed by atoms with Gasteiger partial charge in [-0.3, -0.25) is 0 Å². The monoisotopic (exact) mass is 359 g/mol. The normalized spacial score (nSPS) is 14.1. The molecule has 2 unspecified atom stereocenters. The molecule has 0 radical (unpaired) electrons. The average molecular weight is 360 g/mol. The molecule has 0 bridgehead atoms. The van der Waals surface area contributed by atoms with Gasteiger partial charge in [-0.05, 0) is 56.5 Å². The highest BCUT2D eigenvalue weighted by molar-refractivity contribution is 9.10. The molecule has 0 heterocycles. The average Bonchev–Trinajstić information content (AvgIpc) is 2.47. The molecule has 0 aromatic heterocycles. The molecule has 0 amide bonds. The lowest BCUT2D eigenvalue weighted by Crippen LogP contribution is -2.43. The van der Waals surface area contributed by atoms with Gasteiger partial charge in [0.05, 0.1) is 6.10 Å². The van der Waals surface area contributed by atoms with Gasteiger partial charge in [-0.15, -0.1) is 0 Å². The van der Waals surface area contributed by atoms with Crippen molar-refractivity contribution in [2.24, 2.45) is 0 Å². The van der Waals surface area contributed by atoms with Crippen LogP contribution in [0.4, 0.5) is 4.39 Å².